The summed E-state index contributed by atoms with van der Waals surface area (Å²) in [5.41, 5.74) is 2.35. The molecule has 3 rings (SSSR count). The van der Waals surface area contributed by atoms with Gasteiger partial charge in [0.05, 0.1) is 19.3 Å². The topological polar surface area (TPSA) is 99.5 Å². The Labute approximate surface area is 162 Å². The minimum Gasteiger partial charge on any atom is -0.493 e. The van der Waals surface area contributed by atoms with Gasteiger partial charge in [-0.3, -0.25) is 14.4 Å². The summed E-state index contributed by atoms with van der Waals surface area (Å²) in [5, 5.41) is 7.07. The highest BCUT2D eigenvalue weighted by Crippen LogP contribution is 2.28. The Morgan fingerprint density at radius 2 is 2.04 bits per heavy atom. The van der Waals surface area contributed by atoms with Crippen LogP contribution in [0.3, 0.4) is 0 Å². The van der Waals surface area contributed by atoms with Crippen LogP contribution in [0.2, 0.25) is 0 Å². The van der Waals surface area contributed by atoms with Crippen LogP contribution in [0.4, 0.5) is 0 Å². The molecule has 28 heavy (non-hydrogen) atoms. The first kappa shape index (κ1) is 19.6. The standard InChI is InChI=1S/C20H23N3O5/c1-13(24)14-6-7-17(18(10-14)27-2)28-12-19(25)21-8-9-23-20(26)11-15-4-3-5-16(15)22-23/h6-7,10-11H,3-5,8-9,12H2,1-2H3,(H,21,25). The predicted octanol–water partition coefficient (Wildman–Crippen LogP) is 1.14. The number of amides is 1. The third-order valence-corrected chi connectivity index (χ3v) is 4.60. The molecule has 1 aromatic carbocycles. The molecule has 0 atom stereocenters. The Morgan fingerprint density at radius 1 is 1.21 bits per heavy atom. The molecule has 1 aliphatic rings. The van der Waals surface area contributed by atoms with Gasteiger partial charge in [-0.1, -0.05) is 0 Å². The summed E-state index contributed by atoms with van der Waals surface area (Å²) in [4.78, 5) is 35.5. The fourth-order valence-electron chi connectivity index (χ4n) is 3.10. The predicted molar refractivity (Wildman–Crippen MR) is 102 cm³/mol. The molecule has 0 spiro atoms. The summed E-state index contributed by atoms with van der Waals surface area (Å²) in [6.07, 6.45) is 2.82. The van der Waals surface area contributed by atoms with Gasteiger partial charge < -0.3 is 14.8 Å². The normalized spacial score (nSPS) is 12.4. The number of carbonyl (C=O) groups excluding carboxylic acids is 2. The van der Waals surface area contributed by atoms with Gasteiger partial charge in [0.2, 0.25) is 0 Å². The third-order valence-electron chi connectivity index (χ3n) is 4.60. The zero-order chi connectivity index (χ0) is 20.1. The van der Waals surface area contributed by atoms with Crippen LogP contribution in [0.25, 0.3) is 0 Å². The summed E-state index contributed by atoms with van der Waals surface area (Å²) in [5.74, 6) is 0.346. The van der Waals surface area contributed by atoms with E-state index in [0.29, 0.717) is 23.6 Å². The number of ether oxygens (including phenoxy) is 2. The summed E-state index contributed by atoms with van der Waals surface area (Å²) in [6, 6.07) is 6.42. The Balaban J connectivity index is 1.50. The van der Waals surface area contributed by atoms with Crippen LogP contribution in [0.1, 0.15) is 35.0 Å². The molecule has 1 N–H and O–H groups in total. The van der Waals surface area contributed by atoms with E-state index in [1.165, 1.54) is 18.7 Å². The van der Waals surface area contributed by atoms with Gasteiger partial charge >= 0.3 is 0 Å². The fourth-order valence-corrected chi connectivity index (χ4v) is 3.10. The van der Waals surface area contributed by atoms with E-state index >= 15 is 0 Å². The minimum atomic E-state index is -0.327. The van der Waals surface area contributed by atoms with Crippen molar-refractivity contribution < 1.29 is 19.1 Å². The van der Waals surface area contributed by atoms with Gasteiger partial charge in [-0.15, -0.1) is 0 Å². The molecule has 0 aliphatic heterocycles. The van der Waals surface area contributed by atoms with Crippen molar-refractivity contribution in [2.24, 2.45) is 0 Å². The average molecular weight is 385 g/mol. The number of rotatable bonds is 8. The van der Waals surface area contributed by atoms with Crippen molar-refractivity contribution in [2.45, 2.75) is 32.7 Å². The van der Waals surface area contributed by atoms with Crippen molar-refractivity contribution in [2.75, 3.05) is 20.3 Å². The molecular formula is C20H23N3O5. The van der Waals surface area contributed by atoms with Gasteiger partial charge in [0.15, 0.2) is 23.9 Å². The number of methoxy groups -OCH3 is 1. The lowest BCUT2D eigenvalue weighted by atomic mass is 10.1. The van der Waals surface area contributed by atoms with Gasteiger partial charge in [-0.05, 0) is 49.9 Å². The maximum Gasteiger partial charge on any atom is 0.267 e. The molecule has 0 saturated heterocycles. The monoisotopic (exact) mass is 385 g/mol. The van der Waals surface area contributed by atoms with E-state index in [0.717, 1.165) is 30.5 Å². The molecule has 0 unspecified atom stereocenters. The Kier molecular flexibility index (Phi) is 6.08. The Morgan fingerprint density at radius 3 is 2.79 bits per heavy atom. The second kappa shape index (κ2) is 8.69. The maximum atomic E-state index is 12.0. The van der Waals surface area contributed by atoms with Crippen molar-refractivity contribution in [3.05, 3.63) is 51.4 Å². The smallest absolute Gasteiger partial charge is 0.267 e. The van der Waals surface area contributed by atoms with Crippen LogP contribution in [0.5, 0.6) is 11.5 Å². The van der Waals surface area contributed by atoms with Crippen LogP contribution in [0, 0.1) is 0 Å². The lowest BCUT2D eigenvalue weighted by molar-refractivity contribution is -0.123. The number of benzene rings is 1. The Bertz CT molecular complexity index is 951. The van der Waals surface area contributed by atoms with E-state index in [1.807, 2.05) is 0 Å². The number of Topliss-reactive ketones (excluding diaryl/α,β-unsaturated/α-hetero) is 1. The highest BCUT2D eigenvalue weighted by molar-refractivity contribution is 5.94. The van der Waals surface area contributed by atoms with Crippen molar-refractivity contribution >= 4 is 11.7 Å². The molecule has 0 fully saturated rings. The van der Waals surface area contributed by atoms with E-state index in [-0.39, 0.29) is 30.4 Å². The summed E-state index contributed by atoms with van der Waals surface area (Å²) >= 11 is 0. The van der Waals surface area contributed by atoms with Gasteiger partial charge in [-0.25, -0.2) is 4.68 Å². The second-order valence-electron chi connectivity index (χ2n) is 6.59. The number of nitrogens with zero attached hydrogens (tertiary/aromatic N) is 2. The van der Waals surface area contributed by atoms with Crippen molar-refractivity contribution in [1.29, 1.82) is 0 Å². The number of ketones is 1. The van der Waals surface area contributed by atoms with Crippen molar-refractivity contribution in [3.63, 3.8) is 0 Å². The van der Waals surface area contributed by atoms with Crippen LogP contribution in [-0.2, 0) is 24.2 Å². The lowest BCUT2D eigenvalue weighted by Crippen LogP contribution is -2.34. The molecule has 0 bridgehead atoms. The first-order valence-corrected chi connectivity index (χ1v) is 9.16. The van der Waals surface area contributed by atoms with Gasteiger partial charge in [0.1, 0.15) is 0 Å². The quantitative estimate of drug-likeness (QED) is 0.684. The SMILES string of the molecule is COc1cc(C(C)=O)ccc1OCC(=O)NCCn1nc2c(cc1=O)CCC2. The van der Waals surface area contributed by atoms with Crippen LogP contribution >= 0.6 is 0 Å². The number of fused-ring (bicyclic) bond motifs is 1. The fraction of sp³-hybridized carbons (Fsp3) is 0.400. The number of nitrogens with one attached hydrogen (secondary N) is 1. The molecule has 0 radical (unpaired) electrons. The van der Waals surface area contributed by atoms with Gasteiger partial charge in [-0.2, -0.15) is 5.10 Å². The summed E-state index contributed by atoms with van der Waals surface area (Å²) < 4.78 is 12.1. The summed E-state index contributed by atoms with van der Waals surface area (Å²) in [6.45, 7) is 1.83. The highest BCUT2D eigenvalue weighted by atomic mass is 16.5. The number of hydrogen-bond acceptors (Lipinski definition) is 6. The van der Waals surface area contributed by atoms with E-state index in [1.54, 1.807) is 24.3 Å². The van der Waals surface area contributed by atoms with Crippen LogP contribution < -0.4 is 20.3 Å². The molecule has 1 amide bonds. The maximum absolute atomic E-state index is 12.0. The zero-order valence-electron chi connectivity index (χ0n) is 16.0. The largest absolute Gasteiger partial charge is 0.493 e. The second-order valence-corrected chi connectivity index (χ2v) is 6.59. The molecule has 8 heteroatoms. The first-order chi connectivity index (χ1) is 13.5. The molecule has 1 aliphatic carbocycles. The molecule has 1 aromatic heterocycles. The van der Waals surface area contributed by atoms with Gasteiger partial charge in [0, 0.05) is 18.2 Å². The molecule has 1 heterocycles. The van der Waals surface area contributed by atoms with E-state index < -0.39 is 0 Å². The lowest BCUT2D eigenvalue weighted by Gasteiger charge is -2.12. The van der Waals surface area contributed by atoms with E-state index in [9.17, 15) is 14.4 Å². The number of aryl methyl sites for hydroxylation is 2. The van der Waals surface area contributed by atoms with Gasteiger partial charge in [0.25, 0.3) is 11.5 Å². The molecule has 8 nitrogen and oxygen atoms in total. The number of aromatic nitrogens is 2. The third kappa shape index (κ3) is 4.57. The first-order valence-electron chi connectivity index (χ1n) is 9.16. The van der Waals surface area contributed by atoms with Crippen molar-refractivity contribution in [3.8, 4) is 11.5 Å². The molecule has 148 valence electrons. The van der Waals surface area contributed by atoms with Crippen molar-refractivity contribution in [1.82, 2.24) is 15.1 Å². The Hall–Kier alpha value is -3.16. The molecule has 0 saturated carbocycles. The number of carbonyl (C=O) groups is 2. The van der Waals surface area contributed by atoms with Crippen LogP contribution in [-0.4, -0.2) is 41.7 Å². The average Bonchev–Trinajstić information content (AvgIpc) is 3.13. The highest BCUT2D eigenvalue weighted by Gasteiger charge is 2.15. The molecule has 2 aromatic rings. The zero-order valence-corrected chi connectivity index (χ0v) is 16.0. The van der Waals surface area contributed by atoms with Crippen LogP contribution in [0.15, 0.2) is 29.1 Å². The molecular weight excluding hydrogens is 362 g/mol. The number of hydrogen-bond donors (Lipinski definition) is 1. The van der Waals surface area contributed by atoms with E-state index in [2.05, 4.69) is 10.4 Å². The van der Waals surface area contributed by atoms with E-state index in [4.69, 9.17) is 9.47 Å². The summed E-state index contributed by atoms with van der Waals surface area (Å²) in [7, 11) is 1.47. The minimum absolute atomic E-state index is 0.0852.